The van der Waals surface area contributed by atoms with Gasteiger partial charge in [-0.25, -0.2) is 0 Å². The Bertz CT molecular complexity index is 845. The molecule has 0 unspecified atom stereocenters. The van der Waals surface area contributed by atoms with Crippen LogP contribution in [-0.4, -0.2) is 9.55 Å². The van der Waals surface area contributed by atoms with E-state index >= 15 is 0 Å². The average molecular weight is 309 g/mol. The van der Waals surface area contributed by atoms with E-state index in [1.54, 1.807) is 16.7 Å². The monoisotopic (exact) mass is 308 g/mol. The van der Waals surface area contributed by atoms with Crippen LogP contribution < -0.4 is 5.56 Å². The van der Waals surface area contributed by atoms with Gasteiger partial charge in [0.05, 0.1) is 12.1 Å². The van der Waals surface area contributed by atoms with Gasteiger partial charge in [-0.05, 0) is 41.4 Å². The van der Waals surface area contributed by atoms with Gasteiger partial charge in [-0.2, -0.15) is 0 Å². The lowest BCUT2D eigenvalue weighted by Gasteiger charge is -2.06. The van der Waals surface area contributed by atoms with Gasteiger partial charge >= 0.3 is 0 Å². The maximum Gasteiger partial charge on any atom is 0.272 e. The van der Waals surface area contributed by atoms with Gasteiger partial charge in [0.1, 0.15) is 4.70 Å². The SMILES string of the molecule is O=c1c2sccc2[nH]c(=S)n1Cc1ccc(Cl)cc1. The van der Waals surface area contributed by atoms with Crippen molar-refractivity contribution < 1.29 is 0 Å². The molecule has 0 aliphatic rings. The predicted molar refractivity (Wildman–Crippen MR) is 81.8 cm³/mol. The molecule has 0 saturated carbocycles. The van der Waals surface area contributed by atoms with E-state index in [0.717, 1.165) is 11.1 Å². The van der Waals surface area contributed by atoms with Crippen molar-refractivity contribution in [2.75, 3.05) is 0 Å². The Hall–Kier alpha value is -1.43. The summed E-state index contributed by atoms with van der Waals surface area (Å²) in [7, 11) is 0. The Kier molecular flexibility index (Phi) is 3.26. The third-order valence-electron chi connectivity index (χ3n) is 2.85. The second-order valence-electron chi connectivity index (χ2n) is 4.11. The lowest BCUT2D eigenvalue weighted by molar-refractivity contribution is 0.736. The highest BCUT2D eigenvalue weighted by molar-refractivity contribution is 7.71. The van der Waals surface area contributed by atoms with Crippen molar-refractivity contribution in [3.05, 3.63) is 61.4 Å². The molecule has 0 saturated heterocycles. The summed E-state index contributed by atoms with van der Waals surface area (Å²) < 4.78 is 2.70. The maximum atomic E-state index is 12.3. The highest BCUT2D eigenvalue weighted by Gasteiger charge is 2.07. The predicted octanol–water partition coefficient (Wildman–Crippen LogP) is 3.82. The van der Waals surface area contributed by atoms with Crippen molar-refractivity contribution in [3.8, 4) is 0 Å². The number of nitrogens with zero attached hydrogens (tertiary/aromatic N) is 1. The number of aromatic nitrogens is 2. The standard InChI is InChI=1S/C13H9ClN2OS2/c14-9-3-1-8(2-4-9)7-16-12(17)11-10(5-6-19-11)15-13(16)18/h1-6H,7H2,(H,15,18). The lowest BCUT2D eigenvalue weighted by atomic mass is 10.2. The average Bonchev–Trinajstić information content (AvgIpc) is 2.85. The molecule has 96 valence electrons. The molecule has 2 heterocycles. The largest absolute Gasteiger partial charge is 0.331 e. The molecule has 0 aliphatic carbocycles. The highest BCUT2D eigenvalue weighted by atomic mass is 35.5. The van der Waals surface area contributed by atoms with Crippen molar-refractivity contribution >= 4 is 45.4 Å². The minimum atomic E-state index is -0.0521. The molecule has 3 nitrogen and oxygen atoms in total. The summed E-state index contributed by atoms with van der Waals surface area (Å²) in [6.07, 6.45) is 0. The normalized spacial score (nSPS) is 11.0. The van der Waals surface area contributed by atoms with Crippen LogP contribution in [0.5, 0.6) is 0 Å². The van der Waals surface area contributed by atoms with Crippen LogP contribution in [0.3, 0.4) is 0 Å². The van der Waals surface area contributed by atoms with E-state index in [1.807, 2.05) is 23.6 Å². The number of hydrogen-bond donors (Lipinski definition) is 1. The van der Waals surface area contributed by atoms with Crippen molar-refractivity contribution in [2.24, 2.45) is 0 Å². The van der Waals surface area contributed by atoms with Crippen molar-refractivity contribution in [3.63, 3.8) is 0 Å². The van der Waals surface area contributed by atoms with Crippen LogP contribution in [0.1, 0.15) is 5.56 Å². The van der Waals surface area contributed by atoms with Gasteiger partial charge in [0.2, 0.25) is 0 Å². The second kappa shape index (κ2) is 4.92. The van der Waals surface area contributed by atoms with E-state index in [0.29, 0.717) is 21.0 Å². The van der Waals surface area contributed by atoms with Crippen LogP contribution in [0.15, 0.2) is 40.5 Å². The smallest absolute Gasteiger partial charge is 0.272 e. The molecule has 2 aromatic heterocycles. The Labute approximate surface area is 123 Å². The lowest BCUT2D eigenvalue weighted by Crippen LogP contribution is -2.21. The number of rotatable bonds is 2. The summed E-state index contributed by atoms with van der Waals surface area (Å²) in [4.78, 5) is 15.4. The molecule has 1 N–H and O–H groups in total. The molecule has 0 atom stereocenters. The van der Waals surface area contributed by atoms with E-state index in [4.69, 9.17) is 23.8 Å². The second-order valence-corrected chi connectivity index (χ2v) is 5.85. The summed E-state index contributed by atoms with van der Waals surface area (Å²) >= 11 is 12.5. The van der Waals surface area contributed by atoms with E-state index < -0.39 is 0 Å². The first kappa shape index (κ1) is 12.6. The number of fused-ring (bicyclic) bond motifs is 1. The minimum Gasteiger partial charge on any atom is -0.331 e. The van der Waals surface area contributed by atoms with Crippen LogP contribution in [0.25, 0.3) is 10.2 Å². The van der Waals surface area contributed by atoms with Crippen LogP contribution in [0, 0.1) is 4.77 Å². The summed E-state index contributed by atoms with van der Waals surface area (Å²) in [5.41, 5.74) is 1.73. The molecule has 19 heavy (non-hydrogen) atoms. The van der Waals surface area contributed by atoms with E-state index in [-0.39, 0.29) is 5.56 Å². The Morgan fingerprint density at radius 1 is 1.26 bits per heavy atom. The molecular weight excluding hydrogens is 300 g/mol. The maximum absolute atomic E-state index is 12.3. The number of aromatic amines is 1. The summed E-state index contributed by atoms with van der Waals surface area (Å²) in [5.74, 6) is 0. The summed E-state index contributed by atoms with van der Waals surface area (Å²) in [6.45, 7) is 0.444. The van der Waals surface area contributed by atoms with E-state index in [9.17, 15) is 4.79 Å². The van der Waals surface area contributed by atoms with Crippen molar-refractivity contribution in [2.45, 2.75) is 6.54 Å². The number of H-pyrrole nitrogens is 1. The molecule has 3 rings (SSSR count). The van der Waals surface area contributed by atoms with Crippen molar-refractivity contribution in [1.29, 1.82) is 0 Å². The van der Waals surface area contributed by atoms with Crippen LogP contribution in [0.2, 0.25) is 5.02 Å². The van der Waals surface area contributed by atoms with Gasteiger partial charge in [-0.3, -0.25) is 9.36 Å². The third kappa shape index (κ3) is 2.36. The quantitative estimate of drug-likeness (QED) is 0.731. The molecule has 6 heteroatoms. The molecule has 0 spiro atoms. The van der Waals surface area contributed by atoms with Gasteiger partial charge in [0.25, 0.3) is 5.56 Å². The zero-order chi connectivity index (χ0) is 13.4. The summed E-state index contributed by atoms with van der Waals surface area (Å²) in [5, 5.41) is 2.55. The fourth-order valence-corrected chi connectivity index (χ4v) is 3.07. The fraction of sp³-hybridized carbons (Fsp3) is 0.0769. The van der Waals surface area contributed by atoms with Gasteiger partial charge in [-0.1, -0.05) is 23.7 Å². The van der Waals surface area contributed by atoms with E-state index in [1.165, 1.54) is 11.3 Å². The Morgan fingerprint density at radius 2 is 2.00 bits per heavy atom. The minimum absolute atomic E-state index is 0.0521. The van der Waals surface area contributed by atoms with Gasteiger partial charge in [-0.15, -0.1) is 11.3 Å². The molecule has 0 bridgehead atoms. The zero-order valence-electron chi connectivity index (χ0n) is 9.72. The topological polar surface area (TPSA) is 37.8 Å². The Balaban J connectivity index is 2.12. The molecule has 0 aliphatic heterocycles. The zero-order valence-corrected chi connectivity index (χ0v) is 12.1. The fourth-order valence-electron chi connectivity index (χ4n) is 1.89. The molecular formula is C13H9ClN2OS2. The van der Waals surface area contributed by atoms with E-state index in [2.05, 4.69) is 4.98 Å². The van der Waals surface area contributed by atoms with Gasteiger partial charge in [0.15, 0.2) is 4.77 Å². The number of hydrogen-bond acceptors (Lipinski definition) is 3. The molecule has 0 amide bonds. The van der Waals surface area contributed by atoms with Gasteiger partial charge < -0.3 is 4.98 Å². The third-order valence-corrected chi connectivity index (χ3v) is 4.32. The number of halogens is 1. The number of benzene rings is 1. The molecule has 0 radical (unpaired) electrons. The van der Waals surface area contributed by atoms with Crippen LogP contribution in [0.4, 0.5) is 0 Å². The highest BCUT2D eigenvalue weighted by Crippen LogP contribution is 2.15. The van der Waals surface area contributed by atoms with Gasteiger partial charge in [0, 0.05) is 5.02 Å². The molecule has 3 aromatic rings. The molecule has 0 fully saturated rings. The van der Waals surface area contributed by atoms with Crippen LogP contribution >= 0.6 is 35.2 Å². The first-order valence-corrected chi connectivity index (χ1v) is 7.26. The van der Waals surface area contributed by atoms with Crippen LogP contribution in [-0.2, 0) is 6.54 Å². The first-order chi connectivity index (χ1) is 9.15. The molecule has 1 aromatic carbocycles. The number of thiophene rings is 1. The summed E-state index contributed by atoms with van der Waals surface area (Å²) in [6, 6.07) is 9.25. The first-order valence-electron chi connectivity index (χ1n) is 5.60. The Morgan fingerprint density at radius 3 is 2.74 bits per heavy atom. The van der Waals surface area contributed by atoms with Crippen molar-refractivity contribution in [1.82, 2.24) is 9.55 Å². The number of nitrogens with one attached hydrogen (secondary N) is 1.